The van der Waals surface area contributed by atoms with Gasteiger partial charge < -0.3 is 4.90 Å². The van der Waals surface area contributed by atoms with Gasteiger partial charge in [-0.2, -0.15) is 0 Å². The molecular formula is C18H18N4OS. The monoisotopic (exact) mass is 338 g/mol. The Hall–Kier alpha value is -2.60. The molecule has 2 aromatic heterocycles. The maximum atomic E-state index is 12.9. The average molecular weight is 338 g/mol. The highest BCUT2D eigenvalue weighted by Crippen LogP contribution is 2.24. The lowest BCUT2D eigenvalue weighted by atomic mass is 10.1. The molecule has 2 heterocycles. The summed E-state index contributed by atoms with van der Waals surface area (Å²) in [5, 5.41) is 2.47. The third-order valence-electron chi connectivity index (χ3n) is 3.59. The van der Waals surface area contributed by atoms with Crippen LogP contribution >= 0.6 is 11.3 Å². The number of amides is 1. The number of aryl methyl sites for hydroxylation is 2. The Morgan fingerprint density at radius 3 is 2.54 bits per heavy atom. The molecule has 1 aromatic carbocycles. The standard InChI is InChI=1S/C18H18N4OS/c1-4-22(14-8-12(2)7-13(3)9-14)18(23)16-11-24-17(21-16)15-10-19-5-6-20-15/h5-11H,4H2,1-3H3. The summed E-state index contributed by atoms with van der Waals surface area (Å²) in [6.45, 7) is 6.61. The predicted octanol–water partition coefficient (Wildman–Crippen LogP) is 3.88. The number of carbonyl (C=O) groups excluding carboxylic acids is 1. The summed E-state index contributed by atoms with van der Waals surface area (Å²) in [5.41, 5.74) is 4.27. The zero-order valence-electron chi connectivity index (χ0n) is 13.9. The fourth-order valence-corrected chi connectivity index (χ4v) is 3.34. The summed E-state index contributed by atoms with van der Waals surface area (Å²) < 4.78 is 0. The lowest BCUT2D eigenvalue weighted by Gasteiger charge is -2.21. The third-order valence-corrected chi connectivity index (χ3v) is 4.45. The van der Waals surface area contributed by atoms with Crippen molar-refractivity contribution in [3.05, 3.63) is 59.0 Å². The van der Waals surface area contributed by atoms with Crippen molar-refractivity contribution in [2.75, 3.05) is 11.4 Å². The van der Waals surface area contributed by atoms with Gasteiger partial charge in [0.15, 0.2) is 0 Å². The zero-order chi connectivity index (χ0) is 17.1. The van der Waals surface area contributed by atoms with Crippen molar-refractivity contribution in [2.24, 2.45) is 0 Å². The lowest BCUT2D eigenvalue weighted by Crippen LogP contribution is -2.31. The van der Waals surface area contributed by atoms with Crippen molar-refractivity contribution in [1.82, 2.24) is 15.0 Å². The van der Waals surface area contributed by atoms with Crippen LogP contribution < -0.4 is 4.90 Å². The Kier molecular flexibility index (Phi) is 4.66. The summed E-state index contributed by atoms with van der Waals surface area (Å²) in [4.78, 5) is 27.3. The molecule has 1 amide bonds. The number of benzene rings is 1. The van der Waals surface area contributed by atoms with Crippen LogP contribution in [-0.4, -0.2) is 27.4 Å². The summed E-state index contributed by atoms with van der Waals surface area (Å²) in [5.74, 6) is -0.103. The third kappa shape index (κ3) is 3.33. The largest absolute Gasteiger partial charge is 0.307 e. The molecule has 3 rings (SSSR count). The first-order valence-corrected chi connectivity index (χ1v) is 8.58. The highest BCUT2D eigenvalue weighted by Gasteiger charge is 2.20. The van der Waals surface area contributed by atoms with Gasteiger partial charge in [-0.25, -0.2) is 4.98 Å². The maximum Gasteiger partial charge on any atom is 0.277 e. The van der Waals surface area contributed by atoms with Crippen LogP contribution in [0.15, 0.2) is 42.2 Å². The Labute approximate surface area is 145 Å². The second-order valence-corrected chi connectivity index (χ2v) is 6.38. The van der Waals surface area contributed by atoms with Gasteiger partial charge >= 0.3 is 0 Å². The lowest BCUT2D eigenvalue weighted by molar-refractivity contribution is 0.0984. The van der Waals surface area contributed by atoms with Crippen LogP contribution in [0, 0.1) is 13.8 Å². The molecule has 5 nitrogen and oxygen atoms in total. The van der Waals surface area contributed by atoms with Crippen molar-refractivity contribution in [2.45, 2.75) is 20.8 Å². The molecule has 3 aromatic rings. The minimum atomic E-state index is -0.103. The topological polar surface area (TPSA) is 59.0 Å². The van der Waals surface area contributed by atoms with Gasteiger partial charge in [-0.3, -0.25) is 14.8 Å². The summed E-state index contributed by atoms with van der Waals surface area (Å²) in [7, 11) is 0. The van der Waals surface area contributed by atoms with E-state index < -0.39 is 0 Å². The number of carbonyl (C=O) groups is 1. The van der Waals surface area contributed by atoms with Gasteiger partial charge in [0.25, 0.3) is 5.91 Å². The fraction of sp³-hybridized carbons (Fsp3) is 0.222. The van der Waals surface area contributed by atoms with E-state index in [9.17, 15) is 4.79 Å². The molecule has 0 aliphatic heterocycles. The van der Waals surface area contributed by atoms with Gasteiger partial charge in [-0.05, 0) is 44.0 Å². The summed E-state index contributed by atoms with van der Waals surface area (Å²) >= 11 is 1.40. The summed E-state index contributed by atoms with van der Waals surface area (Å²) in [6.07, 6.45) is 4.88. The molecule has 0 fully saturated rings. The van der Waals surface area contributed by atoms with E-state index in [1.165, 1.54) is 11.3 Å². The van der Waals surface area contributed by atoms with E-state index >= 15 is 0 Å². The number of rotatable bonds is 4. The second-order valence-electron chi connectivity index (χ2n) is 5.52. The molecule has 0 atom stereocenters. The van der Waals surface area contributed by atoms with E-state index in [2.05, 4.69) is 21.0 Å². The predicted molar refractivity (Wildman–Crippen MR) is 96.4 cm³/mol. The molecule has 0 N–H and O–H groups in total. The first-order chi connectivity index (χ1) is 11.6. The second kappa shape index (κ2) is 6.88. The van der Waals surface area contributed by atoms with E-state index in [1.54, 1.807) is 28.9 Å². The SMILES string of the molecule is CCN(C(=O)c1csc(-c2cnccn2)n1)c1cc(C)cc(C)c1. The van der Waals surface area contributed by atoms with Crippen LogP contribution in [0.5, 0.6) is 0 Å². The maximum absolute atomic E-state index is 12.9. The molecule has 0 aliphatic rings. The van der Waals surface area contributed by atoms with Gasteiger partial charge in [-0.1, -0.05) is 6.07 Å². The first-order valence-electron chi connectivity index (χ1n) is 7.70. The molecule has 6 heteroatoms. The smallest absolute Gasteiger partial charge is 0.277 e. The molecule has 0 bridgehead atoms. The number of nitrogens with zero attached hydrogens (tertiary/aromatic N) is 4. The number of aromatic nitrogens is 3. The van der Waals surface area contributed by atoms with E-state index in [1.807, 2.05) is 32.9 Å². The minimum Gasteiger partial charge on any atom is -0.307 e. The van der Waals surface area contributed by atoms with E-state index in [0.29, 0.717) is 22.9 Å². The Bertz CT molecular complexity index is 840. The van der Waals surface area contributed by atoms with Crippen molar-refractivity contribution < 1.29 is 4.79 Å². The molecule has 0 unspecified atom stereocenters. The normalized spacial score (nSPS) is 10.6. The van der Waals surface area contributed by atoms with Crippen molar-refractivity contribution in [3.8, 4) is 10.7 Å². The molecule has 0 saturated carbocycles. The molecular weight excluding hydrogens is 320 g/mol. The average Bonchev–Trinajstić information content (AvgIpc) is 3.05. The van der Waals surface area contributed by atoms with Crippen LogP contribution in [0.1, 0.15) is 28.5 Å². The van der Waals surface area contributed by atoms with Gasteiger partial charge in [0.1, 0.15) is 16.4 Å². The highest BCUT2D eigenvalue weighted by molar-refractivity contribution is 7.13. The Morgan fingerprint density at radius 1 is 1.17 bits per heavy atom. The quantitative estimate of drug-likeness (QED) is 0.724. The molecule has 0 saturated heterocycles. The Balaban J connectivity index is 1.91. The number of thiazole rings is 1. The van der Waals surface area contributed by atoms with Crippen LogP contribution in [0.4, 0.5) is 5.69 Å². The number of hydrogen-bond acceptors (Lipinski definition) is 5. The Morgan fingerprint density at radius 2 is 1.92 bits per heavy atom. The van der Waals surface area contributed by atoms with E-state index in [-0.39, 0.29) is 5.91 Å². The van der Waals surface area contributed by atoms with Crippen LogP contribution in [0.3, 0.4) is 0 Å². The molecule has 0 aliphatic carbocycles. The van der Waals surface area contributed by atoms with E-state index in [4.69, 9.17) is 0 Å². The van der Waals surface area contributed by atoms with E-state index in [0.717, 1.165) is 16.8 Å². The highest BCUT2D eigenvalue weighted by atomic mass is 32.1. The van der Waals surface area contributed by atoms with Gasteiger partial charge in [0.2, 0.25) is 0 Å². The van der Waals surface area contributed by atoms with Crippen molar-refractivity contribution in [1.29, 1.82) is 0 Å². The van der Waals surface area contributed by atoms with Crippen LogP contribution in [-0.2, 0) is 0 Å². The van der Waals surface area contributed by atoms with Gasteiger partial charge in [0.05, 0.1) is 6.20 Å². The number of anilines is 1. The first kappa shape index (κ1) is 16.3. The molecule has 24 heavy (non-hydrogen) atoms. The van der Waals surface area contributed by atoms with Crippen molar-refractivity contribution >= 4 is 22.9 Å². The zero-order valence-corrected chi connectivity index (χ0v) is 14.7. The number of hydrogen-bond donors (Lipinski definition) is 0. The molecule has 0 spiro atoms. The van der Waals surface area contributed by atoms with Gasteiger partial charge in [-0.15, -0.1) is 11.3 Å². The molecule has 122 valence electrons. The minimum absolute atomic E-state index is 0.103. The summed E-state index contributed by atoms with van der Waals surface area (Å²) in [6, 6.07) is 6.13. The van der Waals surface area contributed by atoms with Crippen LogP contribution in [0.2, 0.25) is 0 Å². The van der Waals surface area contributed by atoms with Gasteiger partial charge in [0, 0.05) is 30.0 Å². The molecule has 0 radical (unpaired) electrons. The van der Waals surface area contributed by atoms with Crippen LogP contribution in [0.25, 0.3) is 10.7 Å². The van der Waals surface area contributed by atoms with Crippen molar-refractivity contribution in [3.63, 3.8) is 0 Å². The fourth-order valence-electron chi connectivity index (χ4n) is 2.59.